The van der Waals surface area contributed by atoms with Crippen molar-refractivity contribution in [2.75, 3.05) is 6.26 Å². The molecule has 2 heterocycles. The first-order chi connectivity index (χ1) is 6.79. The Kier molecular flexibility index (Phi) is 3.61. The number of hydrogen-bond donors (Lipinski definition) is 0. The maximum atomic E-state index is 5.80. The predicted molar refractivity (Wildman–Crippen MR) is 60.7 cm³/mol. The molecule has 0 radical (unpaired) electrons. The number of halogens is 1. The molecule has 0 atom stereocenters. The summed E-state index contributed by atoms with van der Waals surface area (Å²) in [4.78, 5) is 0. The smallest absolute Gasteiger partial charge is 0.164 e. The quantitative estimate of drug-likeness (QED) is 0.807. The maximum Gasteiger partial charge on any atom is 0.181 e. The molecule has 2 rings (SSSR count). The number of aromatic nitrogens is 4. The third-order valence-electron chi connectivity index (χ3n) is 1.17. The van der Waals surface area contributed by atoms with Gasteiger partial charge in [-0.15, -0.1) is 10.2 Å². The summed E-state index contributed by atoms with van der Waals surface area (Å²) in [5.74, 6) is 0. The SMILES string of the molecule is CSc1nnc(Sc2nsnc2Cl)s1. The third kappa shape index (κ3) is 2.37. The van der Waals surface area contributed by atoms with Gasteiger partial charge in [0.15, 0.2) is 18.9 Å². The van der Waals surface area contributed by atoms with Crippen LogP contribution in [0.1, 0.15) is 0 Å². The third-order valence-corrected chi connectivity index (χ3v) is 5.22. The second-order valence-electron chi connectivity index (χ2n) is 2.00. The fraction of sp³-hybridized carbons (Fsp3) is 0.200. The van der Waals surface area contributed by atoms with Crippen LogP contribution in [0.4, 0.5) is 0 Å². The van der Waals surface area contributed by atoms with Crippen molar-refractivity contribution < 1.29 is 0 Å². The maximum absolute atomic E-state index is 5.80. The minimum Gasteiger partial charge on any atom is -0.164 e. The van der Waals surface area contributed by atoms with E-state index in [-0.39, 0.29) is 0 Å². The molecular formula is C5H3ClN4S4. The lowest BCUT2D eigenvalue weighted by atomic mass is 10.9. The molecule has 0 aliphatic carbocycles. The molecule has 0 spiro atoms. The summed E-state index contributed by atoms with van der Waals surface area (Å²) in [7, 11) is 0. The average Bonchev–Trinajstić information content (AvgIpc) is 2.77. The summed E-state index contributed by atoms with van der Waals surface area (Å²) in [5.41, 5.74) is 0. The Hall–Kier alpha value is 0.110. The van der Waals surface area contributed by atoms with Gasteiger partial charge in [0.25, 0.3) is 0 Å². The van der Waals surface area contributed by atoms with Gasteiger partial charge in [-0.3, -0.25) is 0 Å². The fourth-order valence-corrected chi connectivity index (χ4v) is 3.78. The van der Waals surface area contributed by atoms with Gasteiger partial charge in [0.05, 0.1) is 11.7 Å². The Bertz CT molecular complexity index is 427. The van der Waals surface area contributed by atoms with Crippen LogP contribution in [0.5, 0.6) is 0 Å². The molecule has 0 bridgehead atoms. The summed E-state index contributed by atoms with van der Waals surface area (Å²) in [6.07, 6.45) is 1.96. The van der Waals surface area contributed by atoms with Gasteiger partial charge < -0.3 is 0 Å². The van der Waals surface area contributed by atoms with Gasteiger partial charge in [-0.05, 0) is 18.0 Å². The standard InChI is InChI=1S/C5H3ClN4S4/c1-11-4-7-8-5(13-4)12-3-2(6)9-14-10-3/h1H3. The largest absolute Gasteiger partial charge is 0.181 e. The molecule has 74 valence electrons. The van der Waals surface area contributed by atoms with Gasteiger partial charge in [0.1, 0.15) is 0 Å². The normalized spacial score (nSPS) is 10.7. The van der Waals surface area contributed by atoms with E-state index < -0.39 is 0 Å². The second-order valence-corrected chi connectivity index (χ2v) is 6.15. The Morgan fingerprint density at radius 2 is 2.00 bits per heavy atom. The van der Waals surface area contributed by atoms with E-state index in [0.29, 0.717) is 10.2 Å². The monoisotopic (exact) mass is 282 g/mol. The molecule has 14 heavy (non-hydrogen) atoms. The molecule has 0 amide bonds. The summed E-state index contributed by atoms with van der Waals surface area (Å²) in [5, 5.41) is 9.09. The first-order valence-electron chi connectivity index (χ1n) is 3.33. The Morgan fingerprint density at radius 1 is 1.21 bits per heavy atom. The second kappa shape index (κ2) is 4.75. The lowest BCUT2D eigenvalue weighted by Crippen LogP contribution is -1.73. The van der Waals surface area contributed by atoms with E-state index in [9.17, 15) is 0 Å². The zero-order valence-electron chi connectivity index (χ0n) is 6.80. The molecule has 0 aromatic carbocycles. The first-order valence-corrected chi connectivity index (χ1v) is 7.29. The van der Waals surface area contributed by atoms with E-state index in [0.717, 1.165) is 20.4 Å². The number of nitrogens with zero attached hydrogens (tertiary/aromatic N) is 4. The molecule has 0 aliphatic rings. The van der Waals surface area contributed by atoms with Gasteiger partial charge >= 0.3 is 0 Å². The molecular weight excluding hydrogens is 280 g/mol. The van der Waals surface area contributed by atoms with Crippen LogP contribution in [0.25, 0.3) is 0 Å². The van der Waals surface area contributed by atoms with Crippen molar-refractivity contribution in [3.63, 3.8) is 0 Å². The van der Waals surface area contributed by atoms with Gasteiger partial charge in [-0.25, -0.2) is 0 Å². The van der Waals surface area contributed by atoms with E-state index in [1.54, 1.807) is 11.8 Å². The van der Waals surface area contributed by atoms with Gasteiger partial charge in [-0.1, -0.05) is 34.7 Å². The van der Waals surface area contributed by atoms with Crippen molar-refractivity contribution in [3.05, 3.63) is 5.15 Å². The van der Waals surface area contributed by atoms with Crippen LogP contribution in [0, 0.1) is 0 Å². The molecule has 0 unspecified atom stereocenters. The van der Waals surface area contributed by atoms with Gasteiger partial charge in [0.2, 0.25) is 0 Å². The lowest BCUT2D eigenvalue weighted by Gasteiger charge is -1.87. The van der Waals surface area contributed by atoms with Crippen LogP contribution in [0.2, 0.25) is 5.15 Å². The molecule has 0 saturated heterocycles. The van der Waals surface area contributed by atoms with Crippen LogP contribution in [-0.4, -0.2) is 25.2 Å². The zero-order chi connectivity index (χ0) is 9.97. The fourth-order valence-electron chi connectivity index (χ4n) is 0.634. The summed E-state index contributed by atoms with van der Waals surface area (Å²) in [6, 6.07) is 0. The molecule has 0 fully saturated rings. The Morgan fingerprint density at radius 3 is 2.57 bits per heavy atom. The zero-order valence-corrected chi connectivity index (χ0v) is 10.8. The first kappa shape index (κ1) is 10.6. The molecule has 0 saturated carbocycles. The van der Waals surface area contributed by atoms with E-state index in [1.807, 2.05) is 6.26 Å². The van der Waals surface area contributed by atoms with Crippen LogP contribution in [0.15, 0.2) is 13.7 Å². The van der Waals surface area contributed by atoms with E-state index in [2.05, 4.69) is 18.9 Å². The van der Waals surface area contributed by atoms with Crippen molar-refractivity contribution in [1.29, 1.82) is 0 Å². The highest BCUT2D eigenvalue weighted by Crippen LogP contribution is 2.34. The van der Waals surface area contributed by atoms with Crippen molar-refractivity contribution >= 4 is 58.2 Å². The van der Waals surface area contributed by atoms with Crippen LogP contribution >= 0.6 is 58.2 Å². The number of rotatable bonds is 3. The van der Waals surface area contributed by atoms with Crippen molar-refractivity contribution in [2.24, 2.45) is 0 Å². The molecule has 0 aliphatic heterocycles. The number of hydrogen-bond acceptors (Lipinski definition) is 8. The molecule has 4 nitrogen and oxygen atoms in total. The highest BCUT2D eigenvalue weighted by Gasteiger charge is 2.11. The van der Waals surface area contributed by atoms with E-state index in [1.165, 1.54) is 23.1 Å². The van der Waals surface area contributed by atoms with Crippen molar-refractivity contribution in [1.82, 2.24) is 18.9 Å². The van der Waals surface area contributed by atoms with E-state index in [4.69, 9.17) is 11.6 Å². The molecule has 2 aromatic heterocycles. The van der Waals surface area contributed by atoms with Gasteiger partial charge in [-0.2, -0.15) is 8.75 Å². The van der Waals surface area contributed by atoms with Gasteiger partial charge in [0, 0.05) is 0 Å². The van der Waals surface area contributed by atoms with Crippen LogP contribution < -0.4 is 0 Å². The summed E-state index contributed by atoms with van der Waals surface area (Å²) in [6.45, 7) is 0. The predicted octanol–water partition coefficient (Wildman–Crippen LogP) is 2.92. The van der Waals surface area contributed by atoms with Crippen molar-refractivity contribution in [2.45, 2.75) is 13.7 Å². The van der Waals surface area contributed by atoms with Crippen LogP contribution in [0.3, 0.4) is 0 Å². The topological polar surface area (TPSA) is 51.6 Å². The Labute approximate surface area is 102 Å². The average molecular weight is 283 g/mol. The minimum absolute atomic E-state index is 0.431. The summed E-state index contributed by atoms with van der Waals surface area (Å²) >= 11 is 11.4. The van der Waals surface area contributed by atoms with Crippen LogP contribution in [-0.2, 0) is 0 Å². The Balaban J connectivity index is 2.15. The molecule has 9 heteroatoms. The molecule has 0 N–H and O–H groups in total. The van der Waals surface area contributed by atoms with E-state index >= 15 is 0 Å². The van der Waals surface area contributed by atoms with Crippen molar-refractivity contribution in [3.8, 4) is 0 Å². The highest BCUT2D eigenvalue weighted by atomic mass is 35.5. The number of thioether (sulfide) groups is 1. The minimum atomic E-state index is 0.431. The lowest BCUT2D eigenvalue weighted by molar-refractivity contribution is 0.954. The molecule has 2 aromatic rings. The summed E-state index contributed by atoms with van der Waals surface area (Å²) < 4.78 is 9.68. The highest BCUT2D eigenvalue weighted by molar-refractivity contribution is 8.03.